The Labute approximate surface area is 167 Å². The average Bonchev–Trinajstić information content (AvgIpc) is 3.03. The Morgan fingerprint density at radius 2 is 2.00 bits per heavy atom. The second kappa shape index (κ2) is 8.66. The van der Waals surface area contributed by atoms with Crippen molar-refractivity contribution in [2.45, 2.75) is 6.54 Å². The zero-order valence-corrected chi connectivity index (χ0v) is 16.3. The highest BCUT2D eigenvalue weighted by Gasteiger charge is 2.29. The summed E-state index contributed by atoms with van der Waals surface area (Å²) in [6.45, 7) is 1.58. The lowest BCUT2D eigenvalue weighted by atomic mass is 10.3. The minimum Gasteiger partial charge on any atom is -0.378 e. The first kappa shape index (κ1) is 19.6. The molecule has 0 atom stereocenters. The lowest BCUT2D eigenvalue weighted by Crippen LogP contribution is -2.33. The van der Waals surface area contributed by atoms with Crippen molar-refractivity contribution < 1.29 is 5.03 Å². The standard InChI is InChI=1S/C18H20ClN7O2/c1-23(2)16-6-4-15(5-7-16)21-13-25-10-9-24(18(25)22-26(27)28)12-14-3-8-17(19)20-11-14/h3-8,11,13H,9-10,12H2,1-2H3. The molecule has 0 N–H and O–H groups in total. The molecule has 3 rings (SSSR count). The number of anilines is 1. The molecule has 0 saturated carbocycles. The highest BCUT2D eigenvalue weighted by atomic mass is 35.5. The van der Waals surface area contributed by atoms with Crippen LogP contribution in [0.1, 0.15) is 5.56 Å². The van der Waals surface area contributed by atoms with E-state index in [0.29, 0.717) is 24.8 Å². The zero-order valence-electron chi connectivity index (χ0n) is 15.6. The first-order chi connectivity index (χ1) is 13.4. The molecule has 1 fully saturated rings. The van der Waals surface area contributed by atoms with Gasteiger partial charge in [0.1, 0.15) is 10.3 Å². The van der Waals surface area contributed by atoms with Gasteiger partial charge in [0.2, 0.25) is 0 Å². The summed E-state index contributed by atoms with van der Waals surface area (Å²) in [6, 6.07) is 11.2. The molecule has 1 aromatic heterocycles. The normalized spacial score (nSPS) is 15.6. The van der Waals surface area contributed by atoms with Gasteiger partial charge in [0.15, 0.2) is 5.03 Å². The molecule has 28 heavy (non-hydrogen) atoms. The van der Waals surface area contributed by atoms with Gasteiger partial charge in [0, 0.05) is 45.6 Å². The predicted octanol–water partition coefficient (Wildman–Crippen LogP) is 2.83. The molecule has 2 aromatic rings. The van der Waals surface area contributed by atoms with Crippen LogP contribution < -0.4 is 4.90 Å². The minimum atomic E-state index is -0.694. The fourth-order valence-electron chi connectivity index (χ4n) is 2.76. The number of hydrogen-bond donors (Lipinski definition) is 0. The number of hydrazone groups is 1. The number of nitrogens with zero attached hydrogens (tertiary/aromatic N) is 7. The van der Waals surface area contributed by atoms with E-state index in [1.807, 2.05) is 54.2 Å². The number of benzene rings is 1. The van der Waals surface area contributed by atoms with Crippen LogP contribution in [-0.4, -0.2) is 59.3 Å². The van der Waals surface area contributed by atoms with Crippen LogP contribution in [0.25, 0.3) is 0 Å². The van der Waals surface area contributed by atoms with Crippen molar-refractivity contribution in [1.82, 2.24) is 14.8 Å². The second-order valence-corrected chi connectivity index (χ2v) is 6.78. The van der Waals surface area contributed by atoms with Crippen LogP contribution in [0.15, 0.2) is 52.7 Å². The van der Waals surface area contributed by atoms with Crippen molar-refractivity contribution in [1.29, 1.82) is 0 Å². The summed E-state index contributed by atoms with van der Waals surface area (Å²) in [6.07, 6.45) is 3.22. The quantitative estimate of drug-likeness (QED) is 0.243. The van der Waals surface area contributed by atoms with Gasteiger partial charge < -0.3 is 9.80 Å². The van der Waals surface area contributed by atoms with E-state index in [-0.39, 0.29) is 5.96 Å². The summed E-state index contributed by atoms with van der Waals surface area (Å²) in [7, 11) is 3.93. The smallest absolute Gasteiger partial charge is 0.279 e. The molecule has 10 heteroatoms. The number of aromatic nitrogens is 1. The molecular weight excluding hydrogens is 382 g/mol. The lowest BCUT2D eigenvalue weighted by Gasteiger charge is -2.17. The zero-order chi connectivity index (χ0) is 20.1. The van der Waals surface area contributed by atoms with Gasteiger partial charge in [-0.05, 0) is 35.9 Å². The first-order valence-electron chi connectivity index (χ1n) is 8.59. The summed E-state index contributed by atoms with van der Waals surface area (Å²) in [5.74, 6) is 0.244. The lowest BCUT2D eigenvalue weighted by molar-refractivity contribution is -0.486. The number of halogens is 1. The van der Waals surface area contributed by atoms with Crippen molar-refractivity contribution in [3.8, 4) is 0 Å². The van der Waals surface area contributed by atoms with Crippen molar-refractivity contribution in [3.63, 3.8) is 0 Å². The van der Waals surface area contributed by atoms with Gasteiger partial charge in [0.25, 0.3) is 5.96 Å². The van der Waals surface area contributed by atoms with E-state index in [1.54, 1.807) is 23.5 Å². The molecule has 0 spiro atoms. The fourth-order valence-corrected chi connectivity index (χ4v) is 2.87. The maximum atomic E-state index is 11.0. The summed E-state index contributed by atoms with van der Waals surface area (Å²) >= 11 is 5.81. The van der Waals surface area contributed by atoms with Crippen molar-refractivity contribution in [3.05, 3.63) is 63.4 Å². The molecule has 1 aliphatic rings. The Hall–Kier alpha value is -3.20. The summed E-state index contributed by atoms with van der Waals surface area (Å²) in [5.41, 5.74) is 2.71. The van der Waals surface area contributed by atoms with Crippen LogP contribution in [0.3, 0.4) is 0 Å². The van der Waals surface area contributed by atoms with E-state index in [4.69, 9.17) is 11.6 Å². The third-order valence-corrected chi connectivity index (χ3v) is 4.42. The maximum absolute atomic E-state index is 11.0. The summed E-state index contributed by atoms with van der Waals surface area (Å²) < 4.78 is 0. The Morgan fingerprint density at radius 3 is 2.61 bits per heavy atom. The molecule has 0 aliphatic carbocycles. The number of nitro groups is 1. The van der Waals surface area contributed by atoms with Gasteiger partial charge in [-0.3, -0.25) is 4.90 Å². The Kier molecular flexibility index (Phi) is 6.05. The second-order valence-electron chi connectivity index (χ2n) is 6.40. The molecule has 0 unspecified atom stereocenters. The topological polar surface area (TPSA) is 90.5 Å². The Morgan fingerprint density at radius 1 is 1.25 bits per heavy atom. The SMILES string of the molecule is CN(C)c1ccc(N=CN2CCN(Cc3ccc(Cl)nc3)C2=N[N+](=O)[O-])cc1. The van der Waals surface area contributed by atoms with Gasteiger partial charge in [-0.25, -0.2) is 20.1 Å². The molecule has 1 aliphatic heterocycles. The molecule has 0 bridgehead atoms. The molecule has 146 valence electrons. The highest BCUT2D eigenvalue weighted by molar-refractivity contribution is 6.29. The van der Waals surface area contributed by atoms with Crippen LogP contribution in [-0.2, 0) is 6.54 Å². The fraction of sp³-hybridized carbons (Fsp3) is 0.278. The van der Waals surface area contributed by atoms with E-state index in [0.717, 1.165) is 16.9 Å². The first-order valence-corrected chi connectivity index (χ1v) is 8.97. The number of rotatable bonds is 6. The number of pyridine rings is 1. The largest absolute Gasteiger partial charge is 0.378 e. The predicted molar refractivity (Wildman–Crippen MR) is 110 cm³/mol. The average molecular weight is 402 g/mol. The molecule has 0 radical (unpaired) electrons. The van der Waals surface area contributed by atoms with Crippen molar-refractivity contribution in [2.75, 3.05) is 32.1 Å². The highest BCUT2D eigenvalue weighted by Crippen LogP contribution is 2.19. The number of aliphatic imine (C=N–C) groups is 1. The molecule has 2 heterocycles. The van der Waals surface area contributed by atoms with Gasteiger partial charge in [0.05, 0.1) is 12.0 Å². The molecule has 9 nitrogen and oxygen atoms in total. The van der Waals surface area contributed by atoms with E-state index >= 15 is 0 Å². The molecule has 1 saturated heterocycles. The van der Waals surface area contributed by atoms with Crippen molar-refractivity contribution >= 4 is 35.3 Å². The van der Waals surface area contributed by atoms with E-state index in [1.165, 1.54) is 0 Å². The summed E-state index contributed by atoms with van der Waals surface area (Å²) in [5, 5.41) is 14.3. The van der Waals surface area contributed by atoms with Crippen LogP contribution in [0.4, 0.5) is 11.4 Å². The monoisotopic (exact) mass is 401 g/mol. The maximum Gasteiger partial charge on any atom is 0.279 e. The molecule has 1 aromatic carbocycles. The number of hydrogen-bond acceptors (Lipinski definition) is 5. The Balaban J connectivity index is 1.74. The van der Waals surface area contributed by atoms with Crippen LogP contribution >= 0.6 is 11.6 Å². The summed E-state index contributed by atoms with van der Waals surface area (Å²) in [4.78, 5) is 25.0. The molecular formula is C18H20ClN7O2. The van der Waals surface area contributed by atoms with E-state index < -0.39 is 5.03 Å². The third-order valence-electron chi connectivity index (χ3n) is 4.20. The van der Waals surface area contributed by atoms with Gasteiger partial charge in [-0.2, -0.15) is 0 Å². The van der Waals surface area contributed by atoms with E-state index in [2.05, 4.69) is 15.1 Å². The van der Waals surface area contributed by atoms with Gasteiger partial charge >= 0.3 is 0 Å². The van der Waals surface area contributed by atoms with E-state index in [9.17, 15) is 10.1 Å². The van der Waals surface area contributed by atoms with Crippen LogP contribution in [0, 0.1) is 10.1 Å². The van der Waals surface area contributed by atoms with Gasteiger partial charge in [-0.1, -0.05) is 17.7 Å². The van der Waals surface area contributed by atoms with Gasteiger partial charge in [-0.15, -0.1) is 0 Å². The number of guanidine groups is 1. The minimum absolute atomic E-state index is 0.244. The molecule has 0 amide bonds. The van der Waals surface area contributed by atoms with Crippen molar-refractivity contribution in [2.24, 2.45) is 10.1 Å². The Bertz CT molecular complexity index is 882. The third kappa shape index (κ3) is 4.95. The van der Waals surface area contributed by atoms with Crippen LogP contribution in [0.5, 0.6) is 0 Å². The van der Waals surface area contributed by atoms with Crippen LogP contribution in [0.2, 0.25) is 5.15 Å².